The summed E-state index contributed by atoms with van der Waals surface area (Å²) < 4.78 is 5.59. The Balaban J connectivity index is 2.18. The van der Waals surface area contributed by atoms with Gasteiger partial charge < -0.3 is 9.64 Å². The van der Waals surface area contributed by atoms with Crippen LogP contribution in [0.2, 0.25) is 0 Å². The molecular weight excluding hydrogens is 510 g/mol. The summed E-state index contributed by atoms with van der Waals surface area (Å²) in [4.78, 5) is 41.9. The molecule has 0 aromatic heterocycles. The van der Waals surface area contributed by atoms with Gasteiger partial charge in [-0.2, -0.15) is 0 Å². The third kappa shape index (κ3) is 6.19. The molecule has 2 aliphatic heterocycles. The van der Waals surface area contributed by atoms with Gasteiger partial charge in [-0.3, -0.25) is 9.59 Å². The van der Waals surface area contributed by atoms with Crippen molar-refractivity contribution in [2.75, 3.05) is 6.54 Å². The van der Waals surface area contributed by atoms with Gasteiger partial charge in [-0.05, 0) is 78.0 Å². The number of Topliss-reactive ketones (excluding diaryl/α,β-unsaturated/α-hetero) is 2. The minimum Gasteiger partial charge on any atom is -0.442 e. The SMILES string of the molecule is C/C=C(\C)C(=O)C1=C2C3=CN(C/C=C(\C)CCC=C(C)C)C(/C=C/[C@@H](C)CC)=CC3=C(Cl)C(=O)[C@@]2(C)OC1=O. The van der Waals surface area contributed by atoms with Crippen molar-refractivity contribution in [2.24, 2.45) is 5.92 Å². The fourth-order valence-corrected chi connectivity index (χ4v) is 5.02. The zero-order valence-electron chi connectivity index (χ0n) is 24.4. The summed E-state index contributed by atoms with van der Waals surface area (Å²) in [5.41, 5.74) is 3.45. The molecule has 5 nitrogen and oxygen atoms in total. The number of halogens is 1. The first kappa shape index (κ1) is 30.4. The van der Waals surface area contributed by atoms with E-state index in [0.717, 1.165) is 25.0 Å². The number of ketones is 2. The van der Waals surface area contributed by atoms with Gasteiger partial charge >= 0.3 is 5.97 Å². The topological polar surface area (TPSA) is 63.7 Å². The Kier molecular flexibility index (Phi) is 9.60. The summed E-state index contributed by atoms with van der Waals surface area (Å²) in [7, 11) is 0. The molecule has 2 atom stereocenters. The van der Waals surface area contributed by atoms with E-state index in [1.54, 1.807) is 19.9 Å². The standard InChI is InChI=1S/C33H40ClNO4/c1-9-21(5)14-15-24-18-25-26(19-35(24)17-16-22(6)13-11-12-20(3)4)28-27(30(36)23(7)10-2)32(38)39-33(28,8)31(37)29(25)34/h10,12,14-16,18-19,21H,9,11,13,17H2,1-8H3/b15-14+,22-16+,23-10+/t21-,33-/m0/s1. The van der Waals surface area contributed by atoms with Gasteiger partial charge in [0.2, 0.25) is 5.78 Å². The van der Waals surface area contributed by atoms with Crippen LogP contribution >= 0.6 is 11.6 Å². The minimum absolute atomic E-state index is 0.000658. The predicted molar refractivity (Wildman–Crippen MR) is 158 cm³/mol. The third-order valence-electron chi connectivity index (χ3n) is 7.55. The number of esters is 1. The Bertz CT molecular complexity index is 1330. The molecule has 1 aliphatic carbocycles. The molecule has 0 aromatic rings. The number of carbonyl (C=O) groups excluding carboxylic acids is 3. The van der Waals surface area contributed by atoms with Gasteiger partial charge in [0.1, 0.15) is 5.57 Å². The van der Waals surface area contributed by atoms with E-state index >= 15 is 0 Å². The van der Waals surface area contributed by atoms with Crippen LogP contribution in [0.4, 0.5) is 0 Å². The van der Waals surface area contributed by atoms with Crippen LogP contribution in [0.1, 0.15) is 74.7 Å². The highest BCUT2D eigenvalue weighted by molar-refractivity contribution is 6.46. The summed E-state index contributed by atoms with van der Waals surface area (Å²) in [5, 5.41) is -0.000658. The first-order valence-electron chi connectivity index (χ1n) is 13.6. The summed E-state index contributed by atoms with van der Waals surface area (Å²) in [6.07, 6.45) is 16.9. The van der Waals surface area contributed by atoms with E-state index in [9.17, 15) is 14.4 Å². The Morgan fingerprint density at radius 3 is 2.49 bits per heavy atom. The normalized spacial score (nSPS) is 22.5. The zero-order valence-corrected chi connectivity index (χ0v) is 25.2. The van der Waals surface area contributed by atoms with Gasteiger partial charge in [-0.15, -0.1) is 0 Å². The van der Waals surface area contributed by atoms with Gasteiger partial charge in [-0.1, -0.05) is 67.3 Å². The van der Waals surface area contributed by atoms with Crippen LogP contribution < -0.4 is 0 Å². The van der Waals surface area contributed by atoms with Crippen LogP contribution in [-0.4, -0.2) is 34.6 Å². The molecule has 0 spiro atoms. The third-order valence-corrected chi connectivity index (χ3v) is 7.93. The van der Waals surface area contributed by atoms with Crippen LogP contribution in [-0.2, 0) is 19.1 Å². The lowest BCUT2D eigenvalue weighted by Crippen LogP contribution is -2.43. The Morgan fingerprint density at radius 2 is 1.87 bits per heavy atom. The number of hydrogen-bond acceptors (Lipinski definition) is 5. The van der Waals surface area contributed by atoms with Crippen LogP contribution in [0.5, 0.6) is 0 Å². The molecule has 0 aromatic carbocycles. The highest BCUT2D eigenvalue weighted by Gasteiger charge is 2.57. The molecule has 2 heterocycles. The number of nitrogens with zero attached hydrogens (tertiary/aromatic N) is 1. The minimum atomic E-state index is -1.65. The molecule has 0 fully saturated rings. The molecule has 39 heavy (non-hydrogen) atoms. The molecule has 0 unspecified atom stereocenters. The van der Waals surface area contributed by atoms with E-state index in [0.29, 0.717) is 34.8 Å². The van der Waals surface area contributed by atoms with Crippen LogP contribution in [0.15, 0.2) is 92.4 Å². The van der Waals surface area contributed by atoms with E-state index in [2.05, 4.69) is 57.7 Å². The van der Waals surface area contributed by atoms with Crippen molar-refractivity contribution in [3.63, 3.8) is 0 Å². The van der Waals surface area contributed by atoms with E-state index in [1.165, 1.54) is 18.1 Å². The summed E-state index contributed by atoms with van der Waals surface area (Å²) in [6.45, 7) is 16.1. The number of allylic oxidation sites excluding steroid dienone is 9. The maximum Gasteiger partial charge on any atom is 0.343 e. The van der Waals surface area contributed by atoms with Crippen LogP contribution in [0.3, 0.4) is 0 Å². The molecule has 0 bridgehead atoms. The maximum atomic E-state index is 13.5. The van der Waals surface area contributed by atoms with Crippen molar-refractivity contribution in [3.8, 4) is 0 Å². The molecule has 0 saturated carbocycles. The van der Waals surface area contributed by atoms with Gasteiger partial charge in [0.05, 0.1) is 5.03 Å². The van der Waals surface area contributed by atoms with Crippen molar-refractivity contribution >= 4 is 29.1 Å². The second-order valence-corrected chi connectivity index (χ2v) is 11.3. The van der Waals surface area contributed by atoms with Crippen molar-refractivity contribution in [2.45, 2.75) is 80.3 Å². The Morgan fingerprint density at radius 1 is 1.18 bits per heavy atom. The van der Waals surface area contributed by atoms with E-state index in [-0.39, 0.29) is 10.6 Å². The average Bonchev–Trinajstić information content (AvgIpc) is 3.18. The first-order chi connectivity index (χ1) is 18.3. The molecule has 208 valence electrons. The predicted octanol–water partition coefficient (Wildman–Crippen LogP) is 7.59. The van der Waals surface area contributed by atoms with Crippen LogP contribution in [0.25, 0.3) is 0 Å². The molecule has 3 aliphatic rings. The second kappa shape index (κ2) is 12.3. The highest BCUT2D eigenvalue weighted by Crippen LogP contribution is 2.50. The van der Waals surface area contributed by atoms with Crippen molar-refractivity contribution in [3.05, 3.63) is 92.4 Å². The molecule has 6 heteroatoms. The molecule has 3 rings (SSSR count). The smallest absolute Gasteiger partial charge is 0.343 e. The molecule has 0 saturated heterocycles. The van der Waals surface area contributed by atoms with Crippen molar-refractivity contribution in [1.29, 1.82) is 0 Å². The lowest BCUT2D eigenvalue weighted by atomic mass is 9.74. The molecular formula is C33H40ClNO4. The quantitative estimate of drug-likeness (QED) is 0.121. The average molecular weight is 550 g/mol. The van der Waals surface area contributed by atoms with Gasteiger partial charge in [0, 0.05) is 35.2 Å². The zero-order chi connectivity index (χ0) is 29.1. The fourth-order valence-electron chi connectivity index (χ4n) is 4.68. The lowest BCUT2D eigenvalue weighted by Gasteiger charge is -2.36. The fraction of sp³-hybridized carbons (Fsp3) is 0.424. The second-order valence-electron chi connectivity index (χ2n) is 10.9. The van der Waals surface area contributed by atoms with Crippen molar-refractivity contribution < 1.29 is 19.1 Å². The summed E-state index contributed by atoms with van der Waals surface area (Å²) in [5.74, 6) is -1.39. The maximum absolute atomic E-state index is 13.5. The number of fused-ring (bicyclic) bond motifs is 3. The Labute approximate surface area is 238 Å². The van der Waals surface area contributed by atoms with E-state index in [1.807, 2.05) is 18.4 Å². The Hall–Kier alpha value is -3.18. The highest BCUT2D eigenvalue weighted by atomic mass is 35.5. The van der Waals surface area contributed by atoms with Crippen molar-refractivity contribution in [1.82, 2.24) is 4.90 Å². The number of ether oxygens (including phenoxy) is 1. The largest absolute Gasteiger partial charge is 0.442 e. The molecule has 0 N–H and O–H groups in total. The first-order valence-corrected chi connectivity index (χ1v) is 14.0. The van der Waals surface area contributed by atoms with E-state index < -0.39 is 23.1 Å². The molecule has 0 radical (unpaired) electrons. The summed E-state index contributed by atoms with van der Waals surface area (Å²) in [6, 6.07) is 0. The molecule has 0 amide bonds. The number of hydrogen-bond donors (Lipinski definition) is 0. The summed E-state index contributed by atoms with van der Waals surface area (Å²) >= 11 is 6.65. The lowest BCUT2D eigenvalue weighted by molar-refractivity contribution is -0.153. The van der Waals surface area contributed by atoms with Crippen LogP contribution in [0, 0.1) is 5.92 Å². The van der Waals surface area contributed by atoms with Gasteiger partial charge in [0.25, 0.3) is 0 Å². The number of rotatable bonds is 10. The van der Waals surface area contributed by atoms with Gasteiger partial charge in [-0.25, -0.2) is 4.79 Å². The number of carbonyl (C=O) groups is 3. The monoisotopic (exact) mass is 549 g/mol. The van der Waals surface area contributed by atoms with Gasteiger partial charge in [0.15, 0.2) is 11.4 Å². The van der Waals surface area contributed by atoms with E-state index in [4.69, 9.17) is 16.3 Å².